The molecule has 0 radical (unpaired) electrons. The van der Waals surface area contributed by atoms with Gasteiger partial charge in [-0.2, -0.15) is 0 Å². The quantitative estimate of drug-likeness (QED) is 0.878. The molecule has 1 atom stereocenters. The van der Waals surface area contributed by atoms with Crippen molar-refractivity contribution < 1.29 is 18.7 Å². The first-order valence-electron chi connectivity index (χ1n) is 6.29. The summed E-state index contributed by atoms with van der Waals surface area (Å²) in [6, 6.07) is 2.99. The maximum Gasteiger partial charge on any atom is 0.321 e. The minimum Gasteiger partial charge on any atom is -0.480 e. The Morgan fingerprint density at radius 1 is 1.32 bits per heavy atom. The summed E-state index contributed by atoms with van der Waals surface area (Å²) in [5.41, 5.74) is 5.29. The Kier molecular flexibility index (Phi) is 2.48. The highest BCUT2D eigenvalue weighted by Gasteiger charge is 2.70. The van der Waals surface area contributed by atoms with E-state index < -0.39 is 23.6 Å². The van der Waals surface area contributed by atoms with Crippen molar-refractivity contribution >= 4 is 5.97 Å². The number of hydrogen-bond donors (Lipinski definition) is 2. The lowest BCUT2D eigenvalue weighted by molar-refractivity contribution is -0.220. The van der Waals surface area contributed by atoms with Gasteiger partial charge in [-0.1, -0.05) is 6.07 Å². The molecule has 3 fully saturated rings. The molecule has 3 N–H and O–H groups in total. The van der Waals surface area contributed by atoms with Crippen molar-refractivity contribution in [1.82, 2.24) is 0 Å². The fraction of sp³-hybridized carbons (Fsp3) is 0.500. The van der Waals surface area contributed by atoms with Gasteiger partial charge in [0.25, 0.3) is 0 Å². The van der Waals surface area contributed by atoms with E-state index in [-0.39, 0.29) is 16.4 Å². The Labute approximate surface area is 109 Å². The zero-order valence-electron chi connectivity index (χ0n) is 10.3. The van der Waals surface area contributed by atoms with Crippen molar-refractivity contribution in [3.8, 4) is 0 Å². The second kappa shape index (κ2) is 3.76. The minimum atomic E-state index is -0.995. The van der Waals surface area contributed by atoms with E-state index in [4.69, 9.17) is 10.8 Å². The summed E-state index contributed by atoms with van der Waals surface area (Å²) in [7, 11) is 0. The maximum absolute atomic E-state index is 13.6. The Balaban J connectivity index is 1.72. The Morgan fingerprint density at radius 3 is 2.32 bits per heavy atom. The SMILES string of the molecule is NC(C(=O)O)C12CC(Cc3c(F)cccc3F)(C1)C2. The van der Waals surface area contributed by atoms with Crippen LogP contribution in [-0.4, -0.2) is 17.1 Å². The molecule has 19 heavy (non-hydrogen) atoms. The van der Waals surface area contributed by atoms with Crippen LogP contribution in [-0.2, 0) is 11.2 Å². The van der Waals surface area contributed by atoms with Gasteiger partial charge in [-0.3, -0.25) is 4.79 Å². The van der Waals surface area contributed by atoms with Crippen LogP contribution in [0.15, 0.2) is 18.2 Å². The van der Waals surface area contributed by atoms with Crippen LogP contribution in [0.25, 0.3) is 0 Å². The molecule has 0 amide bonds. The summed E-state index contributed by atoms with van der Waals surface area (Å²) < 4.78 is 27.2. The van der Waals surface area contributed by atoms with Gasteiger partial charge < -0.3 is 10.8 Å². The van der Waals surface area contributed by atoms with E-state index in [1.807, 2.05) is 0 Å². The van der Waals surface area contributed by atoms with Gasteiger partial charge >= 0.3 is 5.97 Å². The third kappa shape index (κ3) is 1.68. The lowest BCUT2D eigenvalue weighted by Gasteiger charge is -2.72. The first kappa shape index (κ1) is 12.5. The van der Waals surface area contributed by atoms with Crippen LogP contribution in [0, 0.1) is 22.5 Å². The van der Waals surface area contributed by atoms with Gasteiger partial charge in [-0.25, -0.2) is 8.78 Å². The molecule has 3 aliphatic carbocycles. The smallest absolute Gasteiger partial charge is 0.321 e. The highest BCUT2D eigenvalue weighted by molar-refractivity contribution is 5.75. The number of rotatable bonds is 4. The molecule has 0 aliphatic heterocycles. The van der Waals surface area contributed by atoms with Gasteiger partial charge in [0.1, 0.15) is 17.7 Å². The van der Waals surface area contributed by atoms with Crippen molar-refractivity contribution in [3.63, 3.8) is 0 Å². The lowest BCUT2D eigenvalue weighted by Crippen LogP contribution is -2.71. The van der Waals surface area contributed by atoms with Gasteiger partial charge in [0.2, 0.25) is 0 Å². The zero-order chi connectivity index (χ0) is 13.8. The number of carboxylic acid groups (broad SMARTS) is 1. The monoisotopic (exact) mass is 267 g/mol. The Hall–Kier alpha value is -1.49. The van der Waals surface area contributed by atoms with Crippen LogP contribution in [0.4, 0.5) is 8.78 Å². The third-order valence-electron chi connectivity index (χ3n) is 4.72. The van der Waals surface area contributed by atoms with E-state index in [9.17, 15) is 13.6 Å². The molecule has 0 heterocycles. The molecular weight excluding hydrogens is 252 g/mol. The topological polar surface area (TPSA) is 63.3 Å². The lowest BCUT2D eigenvalue weighted by atomic mass is 9.32. The molecule has 102 valence electrons. The molecule has 1 aromatic carbocycles. The van der Waals surface area contributed by atoms with E-state index in [2.05, 4.69) is 0 Å². The number of hydrogen-bond acceptors (Lipinski definition) is 2. The molecule has 3 saturated carbocycles. The van der Waals surface area contributed by atoms with Gasteiger partial charge in [0.15, 0.2) is 0 Å². The standard InChI is InChI=1S/C14H15F2NO2/c15-9-2-1-3-10(16)8(9)4-13-5-14(6-13,7-13)11(17)12(18)19/h1-3,11H,4-7,17H2,(H,18,19). The zero-order valence-corrected chi connectivity index (χ0v) is 10.3. The summed E-state index contributed by atoms with van der Waals surface area (Å²) in [6.07, 6.45) is 2.29. The first-order chi connectivity index (χ1) is 8.88. The van der Waals surface area contributed by atoms with Crippen LogP contribution >= 0.6 is 0 Å². The molecule has 5 heteroatoms. The highest BCUT2D eigenvalue weighted by Crippen LogP contribution is 2.75. The van der Waals surface area contributed by atoms with Gasteiger partial charge in [-0.15, -0.1) is 0 Å². The second-order valence-corrected chi connectivity index (χ2v) is 6.09. The van der Waals surface area contributed by atoms with Crippen molar-refractivity contribution in [3.05, 3.63) is 35.4 Å². The number of halogens is 2. The van der Waals surface area contributed by atoms with Crippen molar-refractivity contribution in [1.29, 1.82) is 0 Å². The van der Waals surface area contributed by atoms with Crippen molar-refractivity contribution in [2.75, 3.05) is 0 Å². The van der Waals surface area contributed by atoms with E-state index in [0.29, 0.717) is 25.7 Å². The fourth-order valence-electron chi connectivity index (χ4n) is 3.94. The summed E-state index contributed by atoms with van der Waals surface area (Å²) in [4.78, 5) is 10.9. The number of nitrogens with two attached hydrogens (primary N) is 1. The maximum atomic E-state index is 13.6. The first-order valence-corrected chi connectivity index (χ1v) is 6.29. The molecule has 4 rings (SSSR count). The summed E-state index contributed by atoms with van der Waals surface area (Å²) in [6.45, 7) is 0. The van der Waals surface area contributed by atoms with Crippen molar-refractivity contribution in [2.45, 2.75) is 31.7 Å². The number of carboxylic acids is 1. The number of carbonyl (C=O) groups is 1. The molecule has 0 aromatic heterocycles. The van der Waals surface area contributed by atoms with Crippen molar-refractivity contribution in [2.24, 2.45) is 16.6 Å². The van der Waals surface area contributed by atoms with Gasteiger partial charge in [0, 0.05) is 5.56 Å². The summed E-state index contributed by atoms with van der Waals surface area (Å²) >= 11 is 0. The normalized spacial score (nSPS) is 33.2. The van der Waals surface area contributed by atoms with Crippen LogP contribution < -0.4 is 5.73 Å². The Bertz CT molecular complexity index is 518. The molecule has 1 aromatic rings. The van der Waals surface area contributed by atoms with Gasteiger partial charge in [0.05, 0.1) is 0 Å². The van der Waals surface area contributed by atoms with E-state index in [0.717, 1.165) is 0 Å². The molecule has 2 bridgehead atoms. The second-order valence-electron chi connectivity index (χ2n) is 6.09. The molecule has 1 unspecified atom stereocenters. The Morgan fingerprint density at radius 2 is 1.84 bits per heavy atom. The third-order valence-corrected chi connectivity index (χ3v) is 4.72. The molecule has 3 aliphatic rings. The molecule has 3 nitrogen and oxygen atoms in total. The predicted octanol–water partition coefficient (Wildman–Crippen LogP) is 2.09. The van der Waals surface area contributed by atoms with E-state index >= 15 is 0 Å². The number of benzene rings is 1. The predicted molar refractivity (Wildman–Crippen MR) is 64.4 cm³/mol. The molecule has 0 spiro atoms. The van der Waals surface area contributed by atoms with Crippen LogP contribution in [0.3, 0.4) is 0 Å². The number of aliphatic carboxylic acids is 1. The van der Waals surface area contributed by atoms with Crippen LogP contribution in [0.1, 0.15) is 24.8 Å². The van der Waals surface area contributed by atoms with Crippen LogP contribution in [0.5, 0.6) is 0 Å². The van der Waals surface area contributed by atoms with E-state index in [1.54, 1.807) is 0 Å². The van der Waals surface area contributed by atoms with Gasteiger partial charge in [-0.05, 0) is 48.6 Å². The summed E-state index contributed by atoms with van der Waals surface area (Å²) in [5.74, 6) is -2.05. The molecule has 0 saturated heterocycles. The fourth-order valence-corrected chi connectivity index (χ4v) is 3.94. The highest BCUT2D eigenvalue weighted by atomic mass is 19.1. The average Bonchev–Trinajstić information content (AvgIpc) is 2.23. The van der Waals surface area contributed by atoms with Crippen LogP contribution in [0.2, 0.25) is 0 Å². The molecular formula is C14H15F2NO2. The summed E-state index contributed by atoms with van der Waals surface area (Å²) in [5, 5.41) is 8.92. The average molecular weight is 267 g/mol. The van der Waals surface area contributed by atoms with E-state index in [1.165, 1.54) is 18.2 Å². The minimum absolute atomic E-state index is 0.111. The largest absolute Gasteiger partial charge is 0.480 e.